The van der Waals surface area contributed by atoms with Crippen LogP contribution in [0.5, 0.6) is 5.75 Å². The third kappa shape index (κ3) is 4.26. The second kappa shape index (κ2) is 8.78. The number of hydrogen-bond donors (Lipinski definition) is 1. The number of nitrogens with one attached hydrogen (secondary N) is 1. The largest absolute Gasteiger partial charge is 0.496 e. The van der Waals surface area contributed by atoms with Crippen LogP contribution in [-0.2, 0) is 31.4 Å². The van der Waals surface area contributed by atoms with E-state index in [-0.39, 0.29) is 6.61 Å². The monoisotopic (exact) mass is 465 g/mol. The van der Waals surface area contributed by atoms with Gasteiger partial charge < -0.3 is 14.0 Å². The van der Waals surface area contributed by atoms with Gasteiger partial charge in [-0.05, 0) is 55.3 Å². The number of aromatic nitrogens is 4. The molecule has 8 nitrogen and oxygen atoms in total. The SMILES string of the molecule is COc1cc(Cl)ccc1-c1cc(COC(=O)Nc2ccc3c(c2)nc2n3CCCC2)n(C)n1. The predicted molar refractivity (Wildman–Crippen MR) is 127 cm³/mol. The quantitative estimate of drug-likeness (QED) is 0.439. The third-order valence-electron chi connectivity index (χ3n) is 5.87. The molecule has 0 atom stereocenters. The highest BCUT2D eigenvalue weighted by molar-refractivity contribution is 6.30. The topological polar surface area (TPSA) is 83.2 Å². The summed E-state index contributed by atoms with van der Waals surface area (Å²) in [6.45, 7) is 1.07. The van der Waals surface area contributed by atoms with Gasteiger partial charge in [-0.3, -0.25) is 10.00 Å². The van der Waals surface area contributed by atoms with Gasteiger partial charge in [0.2, 0.25) is 0 Å². The van der Waals surface area contributed by atoms with Crippen LogP contribution in [0, 0.1) is 0 Å². The van der Waals surface area contributed by atoms with Crippen LogP contribution in [0.2, 0.25) is 5.02 Å². The Balaban J connectivity index is 1.26. The number of amides is 1. The first-order chi connectivity index (χ1) is 16.0. The van der Waals surface area contributed by atoms with E-state index < -0.39 is 6.09 Å². The molecule has 0 radical (unpaired) electrons. The van der Waals surface area contributed by atoms with Crippen LogP contribution in [-0.4, -0.2) is 32.5 Å². The first-order valence-corrected chi connectivity index (χ1v) is 11.2. The van der Waals surface area contributed by atoms with Crippen molar-refractivity contribution in [3.63, 3.8) is 0 Å². The number of anilines is 1. The molecule has 1 N–H and O–H groups in total. The van der Waals surface area contributed by atoms with Gasteiger partial charge in [-0.15, -0.1) is 0 Å². The molecule has 2 aromatic carbocycles. The van der Waals surface area contributed by atoms with Gasteiger partial charge in [-0.2, -0.15) is 5.10 Å². The zero-order valence-electron chi connectivity index (χ0n) is 18.5. The van der Waals surface area contributed by atoms with Crippen molar-refractivity contribution in [3.8, 4) is 17.0 Å². The van der Waals surface area contributed by atoms with Crippen molar-refractivity contribution in [2.75, 3.05) is 12.4 Å². The molecule has 2 aromatic heterocycles. The average Bonchev–Trinajstić information content (AvgIpc) is 3.37. The highest BCUT2D eigenvalue weighted by Gasteiger charge is 2.16. The molecule has 0 spiro atoms. The minimum Gasteiger partial charge on any atom is -0.496 e. The fourth-order valence-corrected chi connectivity index (χ4v) is 4.36. The molecule has 5 rings (SSSR count). The number of carbonyl (C=O) groups excluding carboxylic acids is 1. The standard InChI is InChI=1S/C24H24ClN5O3/c1-29-17(13-19(28-29)18-8-6-15(25)11-22(18)32-2)14-33-24(31)26-16-7-9-21-20(12-16)27-23-5-3-4-10-30(21)23/h6-9,11-13H,3-5,10,14H2,1-2H3,(H,26,31). The maximum absolute atomic E-state index is 12.4. The number of carbonyl (C=O) groups is 1. The van der Waals surface area contributed by atoms with Crippen LogP contribution in [0.25, 0.3) is 22.3 Å². The van der Waals surface area contributed by atoms with E-state index in [2.05, 4.69) is 15.0 Å². The summed E-state index contributed by atoms with van der Waals surface area (Å²) in [5.74, 6) is 1.74. The molecule has 1 aliphatic rings. The van der Waals surface area contributed by atoms with Crippen LogP contribution in [0.1, 0.15) is 24.4 Å². The summed E-state index contributed by atoms with van der Waals surface area (Å²) in [6, 6.07) is 13.0. The summed E-state index contributed by atoms with van der Waals surface area (Å²) in [4.78, 5) is 17.1. The van der Waals surface area contributed by atoms with Gasteiger partial charge in [0.25, 0.3) is 0 Å². The smallest absolute Gasteiger partial charge is 0.412 e. The number of ether oxygens (including phenoxy) is 2. The predicted octanol–water partition coefficient (Wildman–Crippen LogP) is 5.18. The second-order valence-corrected chi connectivity index (χ2v) is 8.47. The minimum absolute atomic E-state index is 0.0757. The normalized spacial score (nSPS) is 13.1. The van der Waals surface area contributed by atoms with Gasteiger partial charge in [0.15, 0.2) is 0 Å². The Morgan fingerprint density at radius 2 is 2.06 bits per heavy atom. The molecule has 0 saturated carbocycles. The Morgan fingerprint density at radius 1 is 1.18 bits per heavy atom. The molecule has 1 amide bonds. The molecule has 170 valence electrons. The number of imidazole rings is 1. The number of nitrogens with zero attached hydrogens (tertiary/aromatic N) is 4. The molecule has 0 fully saturated rings. The average molecular weight is 466 g/mol. The highest BCUT2D eigenvalue weighted by atomic mass is 35.5. The summed E-state index contributed by atoms with van der Waals surface area (Å²) in [7, 11) is 3.39. The van der Waals surface area contributed by atoms with E-state index in [1.54, 1.807) is 31.0 Å². The molecule has 0 unspecified atom stereocenters. The Morgan fingerprint density at radius 3 is 2.91 bits per heavy atom. The number of fused-ring (bicyclic) bond motifs is 3. The summed E-state index contributed by atoms with van der Waals surface area (Å²) in [6.07, 6.45) is 2.80. The van der Waals surface area contributed by atoms with E-state index in [9.17, 15) is 4.79 Å². The van der Waals surface area contributed by atoms with E-state index in [4.69, 9.17) is 26.1 Å². The van der Waals surface area contributed by atoms with E-state index in [1.165, 1.54) is 12.8 Å². The number of aryl methyl sites for hydroxylation is 3. The van der Waals surface area contributed by atoms with Crippen molar-refractivity contribution in [2.24, 2.45) is 7.05 Å². The Hall–Kier alpha value is -3.52. The number of benzene rings is 2. The highest BCUT2D eigenvalue weighted by Crippen LogP contribution is 2.32. The lowest BCUT2D eigenvalue weighted by Crippen LogP contribution is -2.14. The number of halogens is 1. The Bertz CT molecular complexity index is 1340. The van der Waals surface area contributed by atoms with Gasteiger partial charge in [-0.25, -0.2) is 9.78 Å². The van der Waals surface area contributed by atoms with Crippen molar-refractivity contribution in [2.45, 2.75) is 32.4 Å². The van der Waals surface area contributed by atoms with E-state index in [0.717, 1.165) is 41.1 Å². The van der Waals surface area contributed by atoms with Gasteiger partial charge in [0.1, 0.15) is 18.2 Å². The lowest BCUT2D eigenvalue weighted by atomic mass is 10.1. The summed E-state index contributed by atoms with van der Waals surface area (Å²) < 4.78 is 14.8. The van der Waals surface area contributed by atoms with Crippen molar-refractivity contribution in [3.05, 3.63) is 59.0 Å². The van der Waals surface area contributed by atoms with Crippen molar-refractivity contribution < 1.29 is 14.3 Å². The van der Waals surface area contributed by atoms with Crippen LogP contribution >= 0.6 is 11.6 Å². The van der Waals surface area contributed by atoms with Crippen molar-refractivity contribution in [1.29, 1.82) is 0 Å². The van der Waals surface area contributed by atoms with Crippen LogP contribution in [0.4, 0.5) is 10.5 Å². The summed E-state index contributed by atoms with van der Waals surface area (Å²) >= 11 is 6.05. The molecule has 0 saturated heterocycles. The third-order valence-corrected chi connectivity index (χ3v) is 6.11. The first-order valence-electron chi connectivity index (χ1n) is 10.8. The maximum Gasteiger partial charge on any atom is 0.412 e. The fourth-order valence-electron chi connectivity index (χ4n) is 4.19. The molecule has 0 bridgehead atoms. The molecule has 33 heavy (non-hydrogen) atoms. The zero-order valence-corrected chi connectivity index (χ0v) is 19.2. The van der Waals surface area contributed by atoms with E-state index in [1.807, 2.05) is 30.3 Å². The van der Waals surface area contributed by atoms with E-state index >= 15 is 0 Å². The summed E-state index contributed by atoms with van der Waals surface area (Å²) in [5.41, 5.74) is 4.90. The molecule has 4 aromatic rings. The van der Waals surface area contributed by atoms with Crippen LogP contribution < -0.4 is 10.1 Å². The minimum atomic E-state index is -0.537. The fraction of sp³-hybridized carbons (Fsp3) is 0.292. The first kappa shape index (κ1) is 21.3. The molecule has 9 heteroatoms. The number of rotatable bonds is 5. The lowest BCUT2D eigenvalue weighted by molar-refractivity contribution is 0.152. The number of hydrogen-bond acceptors (Lipinski definition) is 5. The van der Waals surface area contributed by atoms with Crippen molar-refractivity contribution >= 4 is 34.4 Å². The van der Waals surface area contributed by atoms with Crippen molar-refractivity contribution in [1.82, 2.24) is 19.3 Å². The lowest BCUT2D eigenvalue weighted by Gasteiger charge is -2.13. The van der Waals surface area contributed by atoms with E-state index in [0.29, 0.717) is 22.2 Å². The van der Waals surface area contributed by atoms with Gasteiger partial charge >= 0.3 is 6.09 Å². The molecule has 0 aliphatic carbocycles. The molecule has 3 heterocycles. The number of methoxy groups -OCH3 is 1. The van der Waals surface area contributed by atoms with Gasteiger partial charge in [0.05, 0.1) is 29.5 Å². The second-order valence-electron chi connectivity index (χ2n) is 8.03. The van der Waals surface area contributed by atoms with Gasteiger partial charge in [0, 0.05) is 36.3 Å². The molecule has 1 aliphatic heterocycles. The zero-order chi connectivity index (χ0) is 22.9. The van der Waals surface area contributed by atoms with Gasteiger partial charge in [-0.1, -0.05) is 11.6 Å². The maximum atomic E-state index is 12.4. The molecular weight excluding hydrogens is 442 g/mol. The summed E-state index contributed by atoms with van der Waals surface area (Å²) in [5, 5.41) is 7.89. The Kier molecular flexibility index (Phi) is 5.68. The Labute approximate surface area is 196 Å². The van der Waals surface area contributed by atoms with Crippen LogP contribution in [0.3, 0.4) is 0 Å². The van der Waals surface area contributed by atoms with Crippen LogP contribution in [0.15, 0.2) is 42.5 Å². The molecular formula is C24H24ClN5O3.